The number of aliphatic hydroxyl groups excluding tert-OH is 1. The first-order chi connectivity index (χ1) is 18.6. The number of carbonyl (C=O) groups excluding carboxylic acids is 3. The molecule has 3 N–H and O–H groups in total. The van der Waals surface area contributed by atoms with Crippen LogP contribution in [0.25, 0.3) is 10.9 Å². The second-order valence-electron chi connectivity index (χ2n) is 12.1. The molecule has 204 valence electrons. The van der Waals surface area contributed by atoms with Gasteiger partial charge in [0.05, 0.1) is 11.7 Å². The molecule has 4 aliphatic rings. The molecule has 6 rings (SSSR count). The highest BCUT2D eigenvalue weighted by molar-refractivity contribution is 6.15. The first-order valence-electron chi connectivity index (χ1n) is 13.9. The Morgan fingerprint density at radius 3 is 2.69 bits per heavy atom. The smallest absolute Gasteiger partial charge is 0.235 e. The molecule has 3 heterocycles. The van der Waals surface area contributed by atoms with Crippen LogP contribution in [0, 0.1) is 29.1 Å². The molecule has 1 amide bonds. The number of aromatic nitrogens is 1. The van der Waals surface area contributed by atoms with Crippen LogP contribution in [0.4, 0.5) is 0 Å². The predicted molar refractivity (Wildman–Crippen MR) is 148 cm³/mol. The number of ketones is 2. The SMILES string of the molecule is C/C1=C/[C@@H](C)C/C=C/[C@H]2[C@@H]3O[C@]3(C)[C@@H](C)[C@H]3[C@H](Cc4c[nH]c5ccccc45)NC(=O)[C@]32C(=O)/C=C\C(=O)[C@@H]1O. The third-order valence-electron chi connectivity index (χ3n) is 9.86. The topological polar surface area (TPSA) is 112 Å². The number of carbonyl (C=O) groups is 3. The number of para-hydroxylation sites is 1. The molecule has 3 fully saturated rings. The summed E-state index contributed by atoms with van der Waals surface area (Å²) in [6, 6.07) is 7.77. The van der Waals surface area contributed by atoms with Gasteiger partial charge in [0.1, 0.15) is 11.5 Å². The van der Waals surface area contributed by atoms with Crippen molar-refractivity contribution in [3.8, 4) is 0 Å². The highest BCUT2D eigenvalue weighted by atomic mass is 16.6. The lowest BCUT2D eigenvalue weighted by molar-refractivity contribution is -0.145. The monoisotopic (exact) mass is 528 g/mol. The first kappa shape index (κ1) is 26.0. The van der Waals surface area contributed by atoms with Crippen LogP contribution >= 0.6 is 0 Å². The summed E-state index contributed by atoms with van der Waals surface area (Å²) in [4.78, 5) is 44.5. The number of hydrogen-bond donors (Lipinski definition) is 3. The summed E-state index contributed by atoms with van der Waals surface area (Å²) in [5.74, 6) is -2.11. The van der Waals surface area contributed by atoms with E-state index in [4.69, 9.17) is 4.74 Å². The number of fused-ring (bicyclic) bond motifs is 3. The minimum Gasteiger partial charge on any atom is -0.381 e. The molecule has 1 saturated carbocycles. The van der Waals surface area contributed by atoms with Gasteiger partial charge in [0.2, 0.25) is 5.91 Å². The zero-order chi connectivity index (χ0) is 27.7. The number of aromatic amines is 1. The van der Waals surface area contributed by atoms with Crippen molar-refractivity contribution < 1.29 is 24.2 Å². The van der Waals surface area contributed by atoms with Crippen LogP contribution in [-0.2, 0) is 25.5 Å². The van der Waals surface area contributed by atoms with Crippen molar-refractivity contribution in [1.29, 1.82) is 0 Å². The normalized spacial score (nSPS) is 43.1. The number of H-pyrrole nitrogens is 1. The molecule has 39 heavy (non-hydrogen) atoms. The van der Waals surface area contributed by atoms with Crippen LogP contribution in [0.1, 0.15) is 39.7 Å². The molecule has 0 unspecified atom stereocenters. The largest absolute Gasteiger partial charge is 0.381 e. The fourth-order valence-corrected chi connectivity index (χ4v) is 7.66. The average molecular weight is 529 g/mol. The molecule has 0 bridgehead atoms. The number of allylic oxidation sites excluding steroid dienone is 3. The Morgan fingerprint density at radius 2 is 1.90 bits per heavy atom. The number of aliphatic hydroxyl groups is 1. The van der Waals surface area contributed by atoms with Gasteiger partial charge in [-0.1, -0.05) is 50.3 Å². The van der Waals surface area contributed by atoms with E-state index in [0.717, 1.165) is 22.5 Å². The summed E-state index contributed by atoms with van der Waals surface area (Å²) in [7, 11) is 0. The number of hydrogen-bond acceptors (Lipinski definition) is 5. The van der Waals surface area contributed by atoms with Gasteiger partial charge in [-0.25, -0.2) is 0 Å². The fraction of sp³-hybridized carbons (Fsp3) is 0.469. The minimum atomic E-state index is -1.41. The standard InChI is InChI=1S/C32H36N2O5/c1-17-8-7-10-22-29-31(4,39-29)19(3)27-24(15-20-16-33-23-11-6-5-9-21(20)23)34-30(38)32(22,27)26(36)13-12-25(35)28(37)18(2)14-17/h5-7,9-14,16-17,19,22,24,27-29,33,37H,8,15H2,1-4H3,(H,34,38)/b10-7+,13-12-,18-14-/t17-,19-,22-,24-,27-,28+,29-,31+,32+/m0/s1. The van der Waals surface area contributed by atoms with Gasteiger partial charge < -0.3 is 20.1 Å². The van der Waals surface area contributed by atoms with Gasteiger partial charge in [-0.15, -0.1) is 0 Å². The van der Waals surface area contributed by atoms with Crippen molar-refractivity contribution in [1.82, 2.24) is 10.3 Å². The van der Waals surface area contributed by atoms with Gasteiger partial charge in [0.25, 0.3) is 0 Å². The number of rotatable bonds is 2. The van der Waals surface area contributed by atoms with E-state index >= 15 is 0 Å². The van der Waals surface area contributed by atoms with Crippen molar-refractivity contribution in [2.75, 3.05) is 0 Å². The van der Waals surface area contributed by atoms with Crippen LogP contribution in [0.5, 0.6) is 0 Å². The second-order valence-corrected chi connectivity index (χ2v) is 12.1. The van der Waals surface area contributed by atoms with E-state index in [1.165, 1.54) is 6.08 Å². The summed E-state index contributed by atoms with van der Waals surface area (Å²) in [6.07, 6.45) is 9.89. The van der Waals surface area contributed by atoms with E-state index in [9.17, 15) is 19.5 Å². The molecule has 9 atom stereocenters. The third-order valence-corrected chi connectivity index (χ3v) is 9.86. The van der Waals surface area contributed by atoms with Crippen molar-refractivity contribution in [3.63, 3.8) is 0 Å². The van der Waals surface area contributed by atoms with Crippen molar-refractivity contribution in [2.45, 2.75) is 64.4 Å². The summed E-state index contributed by atoms with van der Waals surface area (Å²) in [5, 5.41) is 14.9. The van der Waals surface area contributed by atoms with Gasteiger partial charge in [0.15, 0.2) is 11.6 Å². The lowest BCUT2D eigenvalue weighted by atomic mass is 9.51. The Bertz CT molecular complexity index is 1450. The molecule has 2 aromatic rings. The predicted octanol–water partition coefficient (Wildman–Crippen LogP) is 3.83. The maximum absolute atomic E-state index is 14.2. The number of nitrogens with one attached hydrogen (secondary N) is 2. The fourth-order valence-electron chi connectivity index (χ4n) is 7.66. The number of ether oxygens (including phenoxy) is 1. The van der Waals surface area contributed by atoms with Gasteiger partial charge in [-0.05, 0) is 67.9 Å². The van der Waals surface area contributed by atoms with Gasteiger partial charge >= 0.3 is 0 Å². The molecule has 2 saturated heterocycles. The van der Waals surface area contributed by atoms with Crippen molar-refractivity contribution in [3.05, 3.63) is 72.0 Å². The zero-order valence-corrected chi connectivity index (χ0v) is 22.8. The Labute approximate surface area is 228 Å². The van der Waals surface area contributed by atoms with Crippen molar-refractivity contribution >= 4 is 28.4 Å². The van der Waals surface area contributed by atoms with Crippen LogP contribution in [0.2, 0.25) is 0 Å². The van der Waals surface area contributed by atoms with Crippen molar-refractivity contribution in [2.24, 2.45) is 29.1 Å². The van der Waals surface area contributed by atoms with Gasteiger partial charge in [-0.3, -0.25) is 14.4 Å². The molecule has 0 radical (unpaired) electrons. The number of benzene rings is 1. The molecular weight excluding hydrogens is 492 g/mol. The second kappa shape index (κ2) is 9.14. The average Bonchev–Trinajstić information content (AvgIpc) is 3.31. The molecule has 7 heteroatoms. The van der Waals surface area contributed by atoms with E-state index < -0.39 is 34.6 Å². The van der Waals surface area contributed by atoms with E-state index in [0.29, 0.717) is 18.4 Å². The zero-order valence-electron chi connectivity index (χ0n) is 22.8. The first-order valence-corrected chi connectivity index (χ1v) is 13.9. The summed E-state index contributed by atoms with van der Waals surface area (Å²) in [6.45, 7) is 7.90. The Kier molecular flexibility index (Phi) is 6.08. The highest BCUT2D eigenvalue weighted by Crippen LogP contribution is 2.66. The molecule has 7 nitrogen and oxygen atoms in total. The summed E-state index contributed by atoms with van der Waals surface area (Å²) in [5.41, 5.74) is 0.805. The quantitative estimate of drug-likeness (QED) is 0.312. The Balaban J connectivity index is 1.46. The molecule has 1 aromatic heterocycles. The van der Waals surface area contributed by atoms with Gasteiger partial charge in [0, 0.05) is 35.0 Å². The van der Waals surface area contributed by atoms with Crippen LogP contribution in [0.3, 0.4) is 0 Å². The van der Waals surface area contributed by atoms with E-state index in [2.05, 4.69) is 30.2 Å². The maximum Gasteiger partial charge on any atom is 0.235 e. The van der Waals surface area contributed by atoms with Crippen LogP contribution < -0.4 is 5.32 Å². The summed E-state index contributed by atoms with van der Waals surface area (Å²) < 4.78 is 6.33. The molecule has 1 aromatic carbocycles. The van der Waals surface area contributed by atoms with E-state index in [1.54, 1.807) is 6.92 Å². The van der Waals surface area contributed by atoms with Crippen LogP contribution in [-0.4, -0.2) is 51.4 Å². The molecule has 2 aliphatic heterocycles. The van der Waals surface area contributed by atoms with E-state index in [1.807, 2.05) is 49.5 Å². The molecular formula is C32H36N2O5. The lowest BCUT2D eigenvalue weighted by Crippen LogP contribution is -2.58. The molecule has 2 aliphatic carbocycles. The summed E-state index contributed by atoms with van der Waals surface area (Å²) >= 11 is 0. The minimum absolute atomic E-state index is 0.0666. The number of epoxide rings is 1. The Hall–Kier alpha value is -3.29. The Morgan fingerprint density at radius 1 is 1.13 bits per heavy atom. The third kappa shape index (κ3) is 3.81. The van der Waals surface area contributed by atoms with E-state index in [-0.39, 0.29) is 35.8 Å². The lowest BCUT2D eigenvalue weighted by Gasteiger charge is -2.45. The van der Waals surface area contributed by atoms with Gasteiger partial charge in [-0.2, -0.15) is 0 Å². The highest BCUT2D eigenvalue weighted by Gasteiger charge is 2.78. The van der Waals surface area contributed by atoms with Crippen LogP contribution in [0.15, 0.2) is 66.4 Å². The molecule has 1 spiro atoms. The number of amides is 1. The maximum atomic E-state index is 14.2.